The van der Waals surface area contributed by atoms with E-state index in [1.54, 1.807) is 44.1 Å². The molecule has 0 aromatic heterocycles. The number of nitrogens with one attached hydrogen (secondary N) is 2. The molecule has 1 fully saturated rings. The van der Waals surface area contributed by atoms with Crippen molar-refractivity contribution >= 4 is 18.0 Å². The Balaban J connectivity index is 1.91. The molecule has 0 spiro atoms. The van der Waals surface area contributed by atoms with E-state index in [4.69, 9.17) is 4.74 Å². The molecule has 9 heteroatoms. The molecule has 0 aliphatic carbocycles. The Bertz CT molecular complexity index is 733. The van der Waals surface area contributed by atoms with Crippen molar-refractivity contribution in [3.63, 3.8) is 0 Å². The van der Waals surface area contributed by atoms with E-state index in [0.717, 1.165) is 12.8 Å². The van der Waals surface area contributed by atoms with Crippen molar-refractivity contribution in [3.8, 4) is 0 Å². The second-order valence-corrected chi connectivity index (χ2v) is 7.33. The topological polar surface area (TPSA) is 86.3 Å². The summed E-state index contributed by atoms with van der Waals surface area (Å²) in [5.74, 6) is 0.165. The Labute approximate surface area is 177 Å². The molecule has 0 radical (unpaired) electrons. The van der Waals surface area contributed by atoms with Crippen LogP contribution in [0.4, 0.5) is 9.18 Å². The number of hydrogen-bond donors (Lipinski definition) is 2. The molecule has 0 saturated carbocycles. The number of guanidine groups is 1. The average Bonchev–Trinajstić information content (AvgIpc) is 2.73. The summed E-state index contributed by atoms with van der Waals surface area (Å²) >= 11 is 0. The molecular formula is C21H32FN5O3. The van der Waals surface area contributed by atoms with Gasteiger partial charge >= 0.3 is 6.09 Å². The highest BCUT2D eigenvalue weighted by Gasteiger charge is 2.24. The molecule has 1 aliphatic heterocycles. The van der Waals surface area contributed by atoms with Gasteiger partial charge < -0.3 is 25.2 Å². The van der Waals surface area contributed by atoms with Crippen molar-refractivity contribution in [2.75, 3.05) is 46.9 Å². The van der Waals surface area contributed by atoms with Crippen LogP contribution in [0.1, 0.15) is 25.3 Å². The van der Waals surface area contributed by atoms with Crippen LogP contribution in [0, 0.1) is 5.82 Å². The van der Waals surface area contributed by atoms with Crippen LogP contribution in [0.5, 0.6) is 0 Å². The lowest BCUT2D eigenvalue weighted by Crippen LogP contribution is -2.50. The Kier molecular flexibility index (Phi) is 9.37. The van der Waals surface area contributed by atoms with E-state index in [-0.39, 0.29) is 30.4 Å². The molecule has 2 rings (SSSR count). The molecule has 1 heterocycles. The van der Waals surface area contributed by atoms with E-state index in [0.29, 0.717) is 44.2 Å². The SMILES string of the molecule is CCOC(=O)N1CCC(NC(=NCC(=O)N(C)C)NCCc2ccccc2F)CC1. The summed E-state index contributed by atoms with van der Waals surface area (Å²) in [7, 11) is 3.36. The van der Waals surface area contributed by atoms with Gasteiger partial charge in [-0.25, -0.2) is 14.2 Å². The summed E-state index contributed by atoms with van der Waals surface area (Å²) in [5, 5.41) is 6.53. The third-order valence-corrected chi connectivity index (χ3v) is 4.88. The smallest absolute Gasteiger partial charge is 0.409 e. The molecular weight excluding hydrogens is 389 g/mol. The summed E-state index contributed by atoms with van der Waals surface area (Å²) in [6.07, 6.45) is 1.70. The summed E-state index contributed by atoms with van der Waals surface area (Å²) in [6.45, 7) is 3.83. The predicted molar refractivity (Wildman–Crippen MR) is 114 cm³/mol. The van der Waals surface area contributed by atoms with Crippen LogP contribution in [0.25, 0.3) is 0 Å². The zero-order valence-electron chi connectivity index (χ0n) is 18.0. The maximum Gasteiger partial charge on any atom is 0.409 e. The van der Waals surface area contributed by atoms with Gasteiger partial charge in [0.2, 0.25) is 5.91 Å². The van der Waals surface area contributed by atoms with Crippen molar-refractivity contribution in [2.24, 2.45) is 4.99 Å². The van der Waals surface area contributed by atoms with Gasteiger partial charge in [0, 0.05) is 39.8 Å². The molecule has 0 atom stereocenters. The molecule has 0 bridgehead atoms. The summed E-state index contributed by atoms with van der Waals surface area (Å²) in [5.41, 5.74) is 0.622. The van der Waals surface area contributed by atoms with Gasteiger partial charge in [-0.2, -0.15) is 0 Å². The maximum absolute atomic E-state index is 13.8. The highest BCUT2D eigenvalue weighted by molar-refractivity contribution is 5.85. The highest BCUT2D eigenvalue weighted by Crippen LogP contribution is 2.11. The average molecular weight is 422 g/mol. The van der Waals surface area contributed by atoms with Crippen LogP contribution in [-0.4, -0.2) is 80.7 Å². The number of ether oxygens (including phenoxy) is 1. The monoisotopic (exact) mass is 421 g/mol. The number of hydrogen-bond acceptors (Lipinski definition) is 4. The third-order valence-electron chi connectivity index (χ3n) is 4.88. The summed E-state index contributed by atoms with van der Waals surface area (Å²) < 4.78 is 18.9. The van der Waals surface area contributed by atoms with E-state index >= 15 is 0 Å². The van der Waals surface area contributed by atoms with Crippen LogP contribution < -0.4 is 10.6 Å². The van der Waals surface area contributed by atoms with Crippen LogP contribution in [0.2, 0.25) is 0 Å². The lowest BCUT2D eigenvalue weighted by atomic mass is 10.1. The number of carbonyl (C=O) groups excluding carboxylic acids is 2. The van der Waals surface area contributed by atoms with Crippen LogP contribution >= 0.6 is 0 Å². The van der Waals surface area contributed by atoms with Crippen molar-refractivity contribution in [1.82, 2.24) is 20.4 Å². The Morgan fingerprint density at radius 2 is 1.97 bits per heavy atom. The van der Waals surface area contributed by atoms with Crippen molar-refractivity contribution in [3.05, 3.63) is 35.6 Å². The molecule has 1 aliphatic rings. The number of likely N-dealkylation sites (tertiary alicyclic amines) is 1. The number of benzene rings is 1. The number of rotatable bonds is 7. The summed E-state index contributed by atoms with van der Waals surface area (Å²) in [6, 6.07) is 6.77. The van der Waals surface area contributed by atoms with Crippen LogP contribution in [-0.2, 0) is 16.0 Å². The Hall–Kier alpha value is -2.84. The van der Waals surface area contributed by atoms with Crippen molar-refractivity contribution in [1.29, 1.82) is 0 Å². The van der Waals surface area contributed by atoms with E-state index in [9.17, 15) is 14.0 Å². The van der Waals surface area contributed by atoms with Gasteiger partial charge in [-0.3, -0.25) is 4.79 Å². The second-order valence-electron chi connectivity index (χ2n) is 7.33. The molecule has 2 amide bonds. The number of amides is 2. The second kappa shape index (κ2) is 12.0. The number of halogens is 1. The molecule has 1 aromatic rings. The molecule has 2 N–H and O–H groups in total. The lowest BCUT2D eigenvalue weighted by Gasteiger charge is -2.32. The quantitative estimate of drug-likeness (QED) is 0.516. The molecule has 30 heavy (non-hydrogen) atoms. The van der Waals surface area contributed by atoms with E-state index in [2.05, 4.69) is 15.6 Å². The van der Waals surface area contributed by atoms with Crippen molar-refractivity contribution < 1.29 is 18.7 Å². The first-order valence-corrected chi connectivity index (χ1v) is 10.3. The van der Waals surface area contributed by atoms with E-state index < -0.39 is 0 Å². The van der Waals surface area contributed by atoms with Gasteiger partial charge in [-0.1, -0.05) is 18.2 Å². The van der Waals surface area contributed by atoms with E-state index in [1.165, 1.54) is 11.0 Å². The van der Waals surface area contributed by atoms with Crippen LogP contribution in [0.15, 0.2) is 29.3 Å². The number of carbonyl (C=O) groups is 2. The van der Waals surface area contributed by atoms with E-state index in [1.807, 2.05) is 0 Å². The zero-order valence-corrected chi connectivity index (χ0v) is 18.0. The largest absolute Gasteiger partial charge is 0.450 e. The van der Waals surface area contributed by atoms with Gasteiger partial charge in [0.25, 0.3) is 0 Å². The van der Waals surface area contributed by atoms with Gasteiger partial charge in [0.15, 0.2) is 5.96 Å². The fourth-order valence-corrected chi connectivity index (χ4v) is 3.07. The predicted octanol–water partition coefficient (Wildman–Crippen LogP) is 1.61. The molecule has 166 valence electrons. The fourth-order valence-electron chi connectivity index (χ4n) is 3.07. The van der Waals surface area contributed by atoms with Gasteiger partial charge in [0.1, 0.15) is 12.4 Å². The van der Waals surface area contributed by atoms with Crippen LogP contribution in [0.3, 0.4) is 0 Å². The number of nitrogens with zero attached hydrogens (tertiary/aromatic N) is 3. The van der Waals surface area contributed by atoms with Gasteiger partial charge in [-0.05, 0) is 37.8 Å². The van der Waals surface area contributed by atoms with Gasteiger partial charge in [0.05, 0.1) is 6.61 Å². The molecule has 0 unspecified atom stereocenters. The molecule has 8 nitrogen and oxygen atoms in total. The normalized spacial score (nSPS) is 14.9. The number of aliphatic imine (C=N–C) groups is 1. The first-order valence-electron chi connectivity index (χ1n) is 10.3. The number of likely N-dealkylation sites (N-methyl/N-ethyl adjacent to an activating group) is 1. The maximum atomic E-state index is 13.8. The highest BCUT2D eigenvalue weighted by atomic mass is 19.1. The van der Waals surface area contributed by atoms with Crippen molar-refractivity contribution in [2.45, 2.75) is 32.2 Å². The minimum atomic E-state index is -0.288. The Morgan fingerprint density at radius 3 is 2.60 bits per heavy atom. The molecule has 1 aromatic carbocycles. The van der Waals surface area contributed by atoms with Gasteiger partial charge in [-0.15, -0.1) is 0 Å². The molecule has 1 saturated heterocycles. The third kappa shape index (κ3) is 7.53. The fraction of sp³-hybridized carbons (Fsp3) is 0.571. The lowest BCUT2D eigenvalue weighted by molar-refractivity contribution is -0.127. The minimum absolute atomic E-state index is 0.0176. The summed E-state index contributed by atoms with van der Waals surface area (Å²) in [4.78, 5) is 31.3. The number of piperidine rings is 1. The standard InChI is InChI=1S/C21H32FN5O3/c1-4-30-21(29)27-13-10-17(11-14-27)25-20(24-15-19(28)26(2)3)23-12-9-16-7-5-6-8-18(16)22/h5-8,17H,4,9-15H2,1-3H3,(H2,23,24,25). The Morgan fingerprint density at radius 1 is 1.27 bits per heavy atom. The first kappa shape index (κ1) is 23.4. The first-order chi connectivity index (χ1) is 14.4. The zero-order chi connectivity index (χ0) is 21.9. The minimum Gasteiger partial charge on any atom is -0.450 e.